The summed E-state index contributed by atoms with van der Waals surface area (Å²) in [5.41, 5.74) is 9.61. The third kappa shape index (κ3) is 3.74. The van der Waals surface area contributed by atoms with Crippen molar-refractivity contribution >= 4 is 27.5 Å². The molecule has 0 saturated carbocycles. The molecule has 0 saturated heterocycles. The molecule has 0 bridgehead atoms. The number of nitrogens with one attached hydrogen (secondary N) is 1. The molecule has 2 aromatic carbocycles. The Morgan fingerprint density at radius 2 is 1.95 bits per heavy atom. The van der Waals surface area contributed by atoms with Crippen LogP contribution in [0.1, 0.15) is 16.7 Å². The Morgan fingerprint density at radius 3 is 2.55 bits per heavy atom. The van der Waals surface area contributed by atoms with E-state index in [0.29, 0.717) is 12.1 Å². The fraction of sp³-hybridized carbons (Fsp3) is 0.133. The van der Waals surface area contributed by atoms with Gasteiger partial charge in [0.2, 0.25) is 0 Å². The van der Waals surface area contributed by atoms with Gasteiger partial charge in [0.05, 0.1) is 0 Å². The second-order valence-electron chi connectivity index (χ2n) is 4.55. The van der Waals surface area contributed by atoms with Gasteiger partial charge >= 0.3 is 0 Å². The first-order valence-corrected chi connectivity index (χ1v) is 6.95. The van der Waals surface area contributed by atoms with Crippen LogP contribution in [0.4, 0.5) is 5.69 Å². The number of hydrogen-bond acceptors (Lipinski definition) is 3. The van der Waals surface area contributed by atoms with Crippen molar-refractivity contribution in [3.63, 3.8) is 0 Å². The molecule has 0 fully saturated rings. The van der Waals surface area contributed by atoms with Crippen LogP contribution in [0.25, 0.3) is 0 Å². The van der Waals surface area contributed by atoms with Crippen LogP contribution in [0.15, 0.2) is 52.1 Å². The van der Waals surface area contributed by atoms with Gasteiger partial charge in [-0.15, -0.1) is 0 Å². The zero-order valence-electron chi connectivity index (χ0n) is 11.1. The SMILES string of the molecule is Cc1cc(Br)cc(NCc2ccc(/C(N)=N/O)cc2)c1. The van der Waals surface area contributed by atoms with Gasteiger partial charge in [-0.05, 0) is 36.2 Å². The molecule has 0 aliphatic heterocycles. The van der Waals surface area contributed by atoms with Crippen molar-refractivity contribution < 1.29 is 5.21 Å². The van der Waals surface area contributed by atoms with E-state index in [1.54, 1.807) is 0 Å². The molecule has 0 amide bonds. The number of halogens is 1. The number of amidine groups is 1. The highest BCUT2D eigenvalue weighted by molar-refractivity contribution is 9.10. The predicted molar refractivity (Wildman–Crippen MR) is 85.2 cm³/mol. The number of anilines is 1. The average molecular weight is 334 g/mol. The second kappa shape index (κ2) is 6.43. The molecular formula is C15H16BrN3O. The second-order valence-corrected chi connectivity index (χ2v) is 5.47. The Bertz CT molecular complexity index is 603. The highest BCUT2D eigenvalue weighted by Crippen LogP contribution is 2.19. The summed E-state index contributed by atoms with van der Waals surface area (Å²) in [5, 5.41) is 14.9. The molecule has 2 aromatic rings. The maximum atomic E-state index is 8.61. The zero-order chi connectivity index (χ0) is 14.5. The van der Waals surface area contributed by atoms with Crippen LogP contribution < -0.4 is 11.1 Å². The van der Waals surface area contributed by atoms with Crippen LogP contribution >= 0.6 is 15.9 Å². The van der Waals surface area contributed by atoms with E-state index >= 15 is 0 Å². The minimum absolute atomic E-state index is 0.118. The third-order valence-corrected chi connectivity index (χ3v) is 3.35. The number of benzene rings is 2. The monoisotopic (exact) mass is 333 g/mol. The van der Waals surface area contributed by atoms with Gasteiger partial charge in [0.1, 0.15) is 0 Å². The summed E-state index contributed by atoms with van der Waals surface area (Å²) >= 11 is 3.48. The van der Waals surface area contributed by atoms with E-state index in [2.05, 4.69) is 45.5 Å². The third-order valence-electron chi connectivity index (χ3n) is 2.90. The van der Waals surface area contributed by atoms with Crippen LogP contribution in [0.3, 0.4) is 0 Å². The van der Waals surface area contributed by atoms with E-state index in [1.165, 1.54) is 5.56 Å². The Morgan fingerprint density at radius 1 is 1.25 bits per heavy atom. The Labute approximate surface area is 126 Å². The molecule has 20 heavy (non-hydrogen) atoms. The minimum atomic E-state index is 0.118. The Balaban J connectivity index is 2.04. The van der Waals surface area contributed by atoms with E-state index in [4.69, 9.17) is 10.9 Å². The molecule has 0 aliphatic carbocycles. The molecule has 0 aromatic heterocycles. The lowest BCUT2D eigenvalue weighted by Crippen LogP contribution is -2.13. The topological polar surface area (TPSA) is 70.6 Å². The number of rotatable bonds is 4. The minimum Gasteiger partial charge on any atom is -0.409 e. The fourth-order valence-electron chi connectivity index (χ4n) is 1.89. The average Bonchev–Trinajstić information content (AvgIpc) is 2.44. The van der Waals surface area contributed by atoms with Crippen molar-refractivity contribution in [1.29, 1.82) is 0 Å². The first kappa shape index (κ1) is 14.4. The van der Waals surface area contributed by atoms with Gasteiger partial charge in [-0.25, -0.2) is 0 Å². The number of nitrogens with zero attached hydrogens (tertiary/aromatic N) is 1. The molecule has 0 atom stereocenters. The molecular weight excluding hydrogens is 318 g/mol. The summed E-state index contributed by atoms with van der Waals surface area (Å²) in [4.78, 5) is 0. The summed E-state index contributed by atoms with van der Waals surface area (Å²) in [7, 11) is 0. The molecule has 0 aliphatic rings. The molecule has 5 heteroatoms. The molecule has 0 unspecified atom stereocenters. The highest BCUT2D eigenvalue weighted by atomic mass is 79.9. The molecule has 4 nitrogen and oxygen atoms in total. The summed E-state index contributed by atoms with van der Waals surface area (Å²) in [6.45, 7) is 2.77. The van der Waals surface area contributed by atoms with Crippen molar-refractivity contribution in [2.45, 2.75) is 13.5 Å². The summed E-state index contributed by atoms with van der Waals surface area (Å²) in [6.07, 6.45) is 0. The molecule has 2 rings (SSSR count). The van der Waals surface area contributed by atoms with E-state index in [9.17, 15) is 0 Å². The molecule has 104 valence electrons. The van der Waals surface area contributed by atoms with Crippen LogP contribution in [0, 0.1) is 6.92 Å². The molecule has 0 spiro atoms. The number of hydrogen-bond donors (Lipinski definition) is 3. The Kier molecular flexibility index (Phi) is 4.63. The number of oxime groups is 1. The van der Waals surface area contributed by atoms with Gasteiger partial charge in [-0.2, -0.15) is 0 Å². The smallest absolute Gasteiger partial charge is 0.170 e. The number of nitrogens with two attached hydrogens (primary N) is 1. The van der Waals surface area contributed by atoms with E-state index < -0.39 is 0 Å². The van der Waals surface area contributed by atoms with Crippen molar-refractivity contribution in [2.75, 3.05) is 5.32 Å². The van der Waals surface area contributed by atoms with Gasteiger partial charge in [0.15, 0.2) is 5.84 Å². The van der Waals surface area contributed by atoms with E-state index in [-0.39, 0.29) is 5.84 Å². The van der Waals surface area contributed by atoms with Crippen LogP contribution in [0.5, 0.6) is 0 Å². The fourth-order valence-corrected chi connectivity index (χ4v) is 2.50. The van der Waals surface area contributed by atoms with Crippen LogP contribution in [-0.2, 0) is 6.54 Å². The predicted octanol–water partition coefficient (Wildman–Crippen LogP) is 3.46. The van der Waals surface area contributed by atoms with Crippen LogP contribution in [0.2, 0.25) is 0 Å². The van der Waals surface area contributed by atoms with E-state index in [0.717, 1.165) is 15.7 Å². The highest BCUT2D eigenvalue weighted by Gasteiger charge is 2.00. The van der Waals surface area contributed by atoms with Crippen molar-refractivity contribution in [1.82, 2.24) is 0 Å². The quantitative estimate of drug-likeness (QED) is 0.347. The first-order valence-electron chi connectivity index (χ1n) is 6.16. The van der Waals surface area contributed by atoms with Crippen LogP contribution in [-0.4, -0.2) is 11.0 Å². The standard InChI is InChI=1S/C15H16BrN3O/c1-10-6-13(16)8-14(7-10)18-9-11-2-4-12(5-3-11)15(17)19-20/h2-8,18,20H,9H2,1H3,(H2,17,19). The van der Waals surface area contributed by atoms with Crippen molar-refractivity contribution in [3.05, 3.63) is 63.6 Å². The normalized spacial score (nSPS) is 11.4. The first-order chi connectivity index (χ1) is 9.58. The lowest BCUT2D eigenvalue weighted by Gasteiger charge is -2.09. The summed E-state index contributed by atoms with van der Waals surface area (Å²) in [6, 6.07) is 13.8. The number of aryl methyl sites for hydroxylation is 1. The van der Waals surface area contributed by atoms with Gasteiger partial charge < -0.3 is 16.3 Å². The zero-order valence-corrected chi connectivity index (χ0v) is 12.7. The molecule has 0 radical (unpaired) electrons. The molecule has 4 N–H and O–H groups in total. The lowest BCUT2D eigenvalue weighted by molar-refractivity contribution is 0.318. The van der Waals surface area contributed by atoms with Crippen molar-refractivity contribution in [3.8, 4) is 0 Å². The molecule has 0 heterocycles. The maximum Gasteiger partial charge on any atom is 0.170 e. The maximum absolute atomic E-state index is 8.61. The van der Waals surface area contributed by atoms with E-state index in [1.807, 2.05) is 30.3 Å². The summed E-state index contributed by atoms with van der Waals surface area (Å²) in [5.74, 6) is 0.118. The lowest BCUT2D eigenvalue weighted by atomic mass is 10.1. The van der Waals surface area contributed by atoms with Gasteiger partial charge in [0, 0.05) is 22.3 Å². The van der Waals surface area contributed by atoms with Gasteiger partial charge in [-0.1, -0.05) is 45.4 Å². The van der Waals surface area contributed by atoms with Gasteiger partial charge in [-0.3, -0.25) is 0 Å². The Hall–Kier alpha value is -2.01. The van der Waals surface area contributed by atoms with Crippen molar-refractivity contribution in [2.24, 2.45) is 10.9 Å². The largest absolute Gasteiger partial charge is 0.409 e. The summed E-state index contributed by atoms with van der Waals surface area (Å²) < 4.78 is 1.06. The van der Waals surface area contributed by atoms with Gasteiger partial charge in [0.25, 0.3) is 0 Å².